The van der Waals surface area contributed by atoms with E-state index in [1.165, 1.54) is 6.42 Å². The average molecular weight is 351 g/mol. The highest BCUT2D eigenvalue weighted by atomic mass is 35.5. The molecule has 2 aromatic rings. The van der Waals surface area contributed by atoms with Gasteiger partial charge >= 0.3 is 0 Å². The minimum atomic E-state index is -0.0626. The number of anilines is 2. The molecule has 1 aromatic carbocycles. The Balaban J connectivity index is 1.79. The van der Waals surface area contributed by atoms with Gasteiger partial charge in [0.25, 0.3) is 5.91 Å². The first-order valence-electron chi connectivity index (χ1n) is 7.48. The van der Waals surface area contributed by atoms with Crippen molar-refractivity contribution in [3.05, 3.63) is 46.2 Å². The molecule has 3 rings (SSSR count). The molecule has 1 amide bonds. The van der Waals surface area contributed by atoms with Crippen LogP contribution in [0, 0.1) is 0 Å². The molecule has 1 fully saturated rings. The molecule has 0 saturated carbocycles. The van der Waals surface area contributed by atoms with Crippen LogP contribution in [0.1, 0.15) is 29.8 Å². The fourth-order valence-corrected chi connectivity index (χ4v) is 2.87. The molecular weight excluding hydrogens is 335 g/mol. The van der Waals surface area contributed by atoms with Crippen LogP contribution in [-0.4, -0.2) is 33.9 Å². The smallest absolute Gasteiger partial charge is 0.272 e. The second-order valence-corrected chi connectivity index (χ2v) is 6.13. The monoisotopic (exact) mass is 350 g/mol. The summed E-state index contributed by atoms with van der Waals surface area (Å²) in [7, 11) is 0. The van der Waals surface area contributed by atoms with Crippen LogP contribution in [0.2, 0.25) is 10.0 Å². The quantitative estimate of drug-likeness (QED) is 0.902. The number of likely N-dealkylation sites (tertiary alicyclic amines) is 1. The number of nitrogens with zero attached hydrogens (tertiary/aromatic N) is 3. The zero-order valence-corrected chi connectivity index (χ0v) is 13.9. The van der Waals surface area contributed by atoms with Gasteiger partial charge in [-0.25, -0.2) is 9.97 Å². The van der Waals surface area contributed by atoms with E-state index in [2.05, 4.69) is 15.3 Å². The maximum absolute atomic E-state index is 12.5. The van der Waals surface area contributed by atoms with Gasteiger partial charge in [0.15, 0.2) is 0 Å². The molecule has 1 aromatic heterocycles. The van der Waals surface area contributed by atoms with Crippen LogP contribution in [0.25, 0.3) is 0 Å². The SMILES string of the molecule is O=C(c1ccnc(Nc2cccc(Cl)c2Cl)n1)N1CCCCC1. The van der Waals surface area contributed by atoms with E-state index < -0.39 is 0 Å². The minimum Gasteiger partial charge on any atom is -0.337 e. The third-order valence-corrected chi connectivity index (χ3v) is 4.53. The number of hydrogen-bond donors (Lipinski definition) is 1. The third-order valence-electron chi connectivity index (χ3n) is 3.72. The van der Waals surface area contributed by atoms with Crippen LogP contribution in [0.3, 0.4) is 0 Å². The Morgan fingerprint density at radius 2 is 1.91 bits per heavy atom. The maximum atomic E-state index is 12.5. The van der Waals surface area contributed by atoms with Crippen molar-refractivity contribution in [2.75, 3.05) is 18.4 Å². The molecule has 1 N–H and O–H groups in total. The van der Waals surface area contributed by atoms with Crippen LogP contribution in [0.15, 0.2) is 30.5 Å². The van der Waals surface area contributed by atoms with Crippen molar-refractivity contribution in [1.82, 2.24) is 14.9 Å². The predicted molar refractivity (Wildman–Crippen MR) is 91.5 cm³/mol. The fourth-order valence-electron chi connectivity index (χ4n) is 2.52. The molecule has 7 heteroatoms. The second kappa shape index (κ2) is 7.15. The number of carbonyl (C=O) groups excluding carboxylic acids is 1. The summed E-state index contributed by atoms with van der Waals surface area (Å²) in [5, 5.41) is 3.84. The Kier molecular flexibility index (Phi) is 4.98. The number of hydrogen-bond acceptors (Lipinski definition) is 4. The van der Waals surface area contributed by atoms with E-state index in [0.717, 1.165) is 25.9 Å². The summed E-state index contributed by atoms with van der Waals surface area (Å²) in [6, 6.07) is 6.88. The lowest BCUT2D eigenvalue weighted by Gasteiger charge is -2.26. The van der Waals surface area contributed by atoms with Gasteiger partial charge in [0.2, 0.25) is 5.95 Å². The molecule has 0 unspecified atom stereocenters. The molecule has 0 radical (unpaired) electrons. The Morgan fingerprint density at radius 1 is 1.13 bits per heavy atom. The number of benzene rings is 1. The molecule has 23 heavy (non-hydrogen) atoms. The van der Waals surface area contributed by atoms with Gasteiger partial charge < -0.3 is 10.2 Å². The van der Waals surface area contributed by atoms with Crippen LogP contribution >= 0.6 is 23.2 Å². The number of halogens is 2. The zero-order chi connectivity index (χ0) is 16.2. The van der Waals surface area contributed by atoms with E-state index in [1.54, 1.807) is 30.5 Å². The first-order chi connectivity index (χ1) is 11.1. The number of carbonyl (C=O) groups is 1. The topological polar surface area (TPSA) is 58.1 Å². The number of piperidine rings is 1. The largest absolute Gasteiger partial charge is 0.337 e. The number of rotatable bonds is 3. The summed E-state index contributed by atoms with van der Waals surface area (Å²) in [5.74, 6) is 0.254. The molecule has 0 aliphatic carbocycles. The van der Waals surface area contributed by atoms with Crippen molar-refractivity contribution in [3.8, 4) is 0 Å². The summed E-state index contributed by atoms with van der Waals surface area (Å²) in [5.41, 5.74) is 0.976. The van der Waals surface area contributed by atoms with Gasteiger partial charge in [0, 0.05) is 19.3 Å². The predicted octanol–water partition coefficient (Wildman–Crippen LogP) is 4.15. The van der Waals surface area contributed by atoms with Gasteiger partial charge in [-0.15, -0.1) is 0 Å². The molecule has 1 aliphatic heterocycles. The highest BCUT2D eigenvalue weighted by molar-refractivity contribution is 6.43. The van der Waals surface area contributed by atoms with Crippen molar-refractivity contribution in [2.45, 2.75) is 19.3 Å². The van der Waals surface area contributed by atoms with E-state index in [-0.39, 0.29) is 5.91 Å². The van der Waals surface area contributed by atoms with Gasteiger partial charge in [0.1, 0.15) is 5.69 Å². The first kappa shape index (κ1) is 16.0. The van der Waals surface area contributed by atoms with Crippen LogP contribution in [0.4, 0.5) is 11.6 Å². The van der Waals surface area contributed by atoms with E-state index >= 15 is 0 Å². The highest BCUT2D eigenvalue weighted by Gasteiger charge is 2.19. The first-order valence-corrected chi connectivity index (χ1v) is 8.24. The van der Waals surface area contributed by atoms with E-state index in [0.29, 0.717) is 27.4 Å². The van der Waals surface area contributed by atoms with Crippen LogP contribution < -0.4 is 5.32 Å². The number of amides is 1. The maximum Gasteiger partial charge on any atom is 0.272 e. The average Bonchev–Trinajstić information content (AvgIpc) is 2.59. The summed E-state index contributed by atoms with van der Waals surface area (Å²) in [6.07, 6.45) is 4.82. The molecular formula is C16H16Cl2N4O. The second-order valence-electron chi connectivity index (χ2n) is 5.34. The molecule has 5 nitrogen and oxygen atoms in total. The lowest BCUT2D eigenvalue weighted by atomic mass is 10.1. The zero-order valence-electron chi connectivity index (χ0n) is 12.4. The fraction of sp³-hybridized carbons (Fsp3) is 0.312. The molecule has 1 saturated heterocycles. The van der Waals surface area contributed by atoms with Crippen molar-refractivity contribution < 1.29 is 4.79 Å². The van der Waals surface area contributed by atoms with E-state index in [4.69, 9.17) is 23.2 Å². The molecule has 0 spiro atoms. The van der Waals surface area contributed by atoms with E-state index in [9.17, 15) is 4.79 Å². The van der Waals surface area contributed by atoms with Gasteiger partial charge in [-0.1, -0.05) is 29.3 Å². The molecule has 0 bridgehead atoms. The Morgan fingerprint density at radius 3 is 2.70 bits per heavy atom. The molecule has 120 valence electrons. The summed E-state index contributed by atoms with van der Waals surface area (Å²) < 4.78 is 0. The minimum absolute atomic E-state index is 0.0626. The normalized spacial score (nSPS) is 14.6. The van der Waals surface area contributed by atoms with Crippen LogP contribution in [-0.2, 0) is 0 Å². The van der Waals surface area contributed by atoms with Crippen molar-refractivity contribution in [3.63, 3.8) is 0 Å². The standard InChI is InChI=1S/C16H16Cl2N4O/c17-11-5-4-6-12(14(11)18)20-16-19-8-7-13(21-16)15(23)22-9-2-1-3-10-22/h4-8H,1-3,9-10H2,(H,19,20,21). The summed E-state index contributed by atoms with van der Waals surface area (Å²) >= 11 is 12.1. The molecule has 0 atom stereocenters. The Bertz CT molecular complexity index is 717. The Hall–Kier alpha value is -1.85. The van der Waals surface area contributed by atoms with Gasteiger partial charge in [0.05, 0.1) is 15.7 Å². The molecule has 2 heterocycles. The van der Waals surface area contributed by atoms with Crippen molar-refractivity contribution >= 4 is 40.7 Å². The summed E-state index contributed by atoms with van der Waals surface area (Å²) in [4.78, 5) is 22.8. The number of nitrogens with one attached hydrogen (secondary N) is 1. The number of aromatic nitrogens is 2. The molecule has 1 aliphatic rings. The van der Waals surface area contributed by atoms with Gasteiger partial charge in [-0.05, 0) is 37.5 Å². The van der Waals surface area contributed by atoms with Crippen molar-refractivity contribution in [2.24, 2.45) is 0 Å². The lowest BCUT2D eigenvalue weighted by molar-refractivity contribution is 0.0718. The van der Waals surface area contributed by atoms with Crippen molar-refractivity contribution in [1.29, 1.82) is 0 Å². The van der Waals surface area contributed by atoms with Gasteiger partial charge in [-0.2, -0.15) is 0 Å². The third kappa shape index (κ3) is 3.74. The van der Waals surface area contributed by atoms with Gasteiger partial charge in [-0.3, -0.25) is 4.79 Å². The van der Waals surface area contributed by atoms with E-state index in [1.807, 2.05) is 4.90 Å². The van der Waals surface area contributed by atoms with Crippen LogP contribution in [0.5, 0.6) is 0 Å². The summed E-state index contributed by atoms with van der Waals surface area (Å²) in [6.45, 7) is 1.57. The Labute approximate surface area is 144 Å². The lowest BCUT2D eigenvalue weighted by Crippen LogP contribution is -2.36. The highest BCUT2D eigenvalue weighted by Crippen LogP contribution is 2.30.